The molecule has 0 bridgehead atoms. The van der Waals surface area contributed by atoms with Crippen LogP contribution >= 0.6 is 22.2 Å². The van der Waals surface area contributed by atoms with E-state index in [1.165, 1.54) is 44.1 Å². The lowest BCUT2D eigenvalue weighted by Gasteiger charge is -2.04. The van der Waals surface area contributed by atoms with Crippen LogP contribution in [0.25, 0.3) is 0 Å². The SMILES string of the molecule is CCCCCCCc1ccc([SiH](Cl)Cl)cc1. The van der Waals surface area contributed by atoms with Crippen LogP contribution in [0, 0.1) is 0 Å². The largest absolute Gasteiger partial charge is 0.266 e. The Morgan fingerprint density at radius 1 is 0.938 bits per heavy atom. The normalized spacial score (nSPS) is 11.0. The molecule has 0 saturated heterocycles. The van der Waals surface area contributed by atoms with E-state index < -0.39 is 7.42 Å². The number of aryl methyl sites for hydroxylation is 1. The van der Waals surface area contributed by atoms with Gasteiger partial charge in [0.2, 0.25) is 0 Å². The summed E-state index contributed by atoms with van der Waals surface area (Å²) in [4.78, 5) is 0. The van der Waals surface area contributed by atoms with E-state index in [0.717, 1.165) is 5.19 Å². The molecule has 1 aromatic carbocycles. The Labute approximate surface area is 110 Å². The van der Waals surface area contributed by atoms with Crippen molar-refractivity contribution < 1.29 is 0 Å². The first-order chi connectivity index (χ1) is 7.74. The Morgan fingerprint density at radius 3 is 2.12 bits per heavy atom. The molecule has 0 fully saturated rings. The van der Waals surface area contributed by atoms with Crippen LogP contribution in [0.5, 0.6) is 0 Å². The van der Waals surface area contributed by atoms with Crippen molar-refractivity contribution in [2.45, 2.75) is 45.4 Å². The van der Waals surface area contributed by atoms with Crippen molar-refractivity contribution in [2.24, 2.45) is 0 Å². The molecule has 0 saturated carbocycles. The monoisotopic (exact) mass is 274 g/mol. The molecule has 0 aliphatic rings. The number of hydrogen-bond acceptors (Lipinski definition) is 0. The number of rotatable bonds is 7. The van der Waals surface area contributed by atoms with Gasteiger partial charge in [-0.25, -0.2) is 0 Å². The van der Waals surface area contributed by atoms with Crippen molar-refractivity contribution in [3.63, 3.8) is 0 Å². The van der Waals surface area contributed by atoms with Crippen molar-refractivity contribution in [3.8, 4) is 0 Å². The second-order valence-electron chi connectivity index (χ2n) is 4.21. The fourth-order valence-corrected chi connectivity index (χ4v) is 3.12. The Hall–Kier alpha value is 0.0169. The second-order valence-corrected chi connectivity index (χ2v) is 8.76. The highest BCUT2D eigenvalue weighted by Gasteiger charge is 2.04. The maximum Gasteiger partial charge on any atom is 0.266 e. The molecule has 0 aliphatic heterocycles. The van der Waals surface area contributed by atoms with E-state index in [0.29, 0.717) is 0 Å². The Bertz CT molecular complexity index is 282. The highest BCUT2D eigenvalue weighted by Crippen LogP contribution is 2.09. The lowest BCUT2D eigenvalue weighted by Crippen LogP contribution is -2.17. The zero-order chi connectivity index (χ0) is 11.8. The Kier molecular flexibility index (Phi) is 7.18. The summed E-state index contributed by atoms with van der Waals surface area (Å²) in [6.07, 6.45) is 7.87. The molecular weight excluding hydrogens is 255 g/mol. The van der Waals surface area contributed by atoms with Gasteiger partial charge in [-0.05, 0) is 23.6 Å². The second kappa shape index (κ2) is 8.16. The summed E-state index contributed by atoms with van der Waals surface area (Å²) in [6, 6.07) is 8.50. The van der Waals surface area contributed by atoms with Crippen molar-refractivity contribution in [1.82, 2.24) is 0 Å². The summed E-state index contributed by atoms with van der Waals surface area (Å²) < 4.78 is 0. The molecule has 0 heterocycles. The van der Waals surface area contributed by atoms with Gasteiger partial charge in [0.1, 0.15) is 0 Å². The van der Waals surface area contributed by atoms with Gasteiger partial charge in [-0.15, -0.1) is 22.2 Å². The van der Waals surface area contributed by atoms with Crippen molar-refractivity contribution in [2.75, 3.05) is 0 Å². The smallest absolute Gasteiger partial charge is 0.144 e. The topological polar surface area (TPSA) is 0 Å². The molecule has 0 N–H and O–H groups in total. The maximum atomic E-state index is 5.92. The van der Waals surface area contributed by atoms with Gasteiger partial charge < -0.3 is 0 Å². The van der Waals surface area contributed by atoms with Crippen LogP contribution in [0.2, 0.25) is 0 Å². The summed E-state index contributed by atoms with van der Waals surface area (Å²) in [5.41, 5.74) is 1.41. The minimum atomic E-state index is -1.65. The average molecular weight is 275 g/mol. The number of hydrogen-bond donors (Lipinski definition) is 0. The predicted octanol–water partition coefficient (Wildman–Crippen LogP) is 4.10. The number of benzene rings is 1. The number of unbranched alkanes of at least 4 members (excludes halogenated alkanes) is 4. The van der Waals surface area contributed by atoms with Crippen molar-refractivity contribution in [3.05, 3.63) is 29.8 Å². The summed E-state index contributed by atoms with van der Waals surface area (Å²) in [7, 11) is -1.65. The van der Waals surface area contributed by atoms with Crippen molar-refractivity contribution in [1.29, 1.82) is 0 Å². The minimum Gasteiger partial charge on any atom is -0.144 e. The molecule has 0 amide bonds. The third kappa shape index (κ3) is 5.38. The third-order valence-electron chi connectivity index (χ3n) is 2.80. The van der Waals surface area contributed by atoms with E-state index >= 15 is 0 Å². The number of halogens is 2. The van der Waals surface area contributed by atoms with Crippen LogP contribution in [0.4, 0.5) is 0 Å². The highest BCUT2D eigenvalue weighted by molar-refractivity contribution is 7.39. The van der Waals surface area contributed by atoms with E-state index in [-0.39, 0.29) is 0 Å². The van der Waals surface area contributed by atoms with Crippen LogP contribution in [-0.4, -0.2) is 7.42 Å². The lowest BCUT2D eigenvalue weighted by molar-refractivity contribution is 0.632. The molecule has 90 valence electrons. The summed E-state index contributed by atoms with van der Waals surface area (Å²) in [6.45, 7) is 2.25. The van der Waals surface area contributed by atoms with Gasteiger partial charge in [-0.3, -0.25) is 0 Å². The molecule has 1 rings (SSSR count). The van der Waals surface area contributed by atoms with E-state index in [9.17, 15) is 0 Å². The standard InChI is InChI=1S/C13H20Cl2Si/c1-2-3-4-5-6-7-12-8-10-13(11-9-12)16(14)15/h8-11,16H,2-7H2,1H3. The third-order valence-corrected chi connectivity index (χ3v) is 5.20. The van der Waals surface area contributed by atoms with Crippen molar-refractivity contribution >= 4 is 34.8 Å². The molecule has 0 spiro atoms. The Balaban J connectivity index is 2.27. The maximum absolute atomic E-state index is 5.92. The van der Waals surface area contributed by atoms with Crippen LogP contribution < -0.4 is 5.19 Å². The lowest BCUT2D eigenvalue weighted by atomic mass is 10.1. The molecule has 3 heteroatoms. The fourth-order valence-electron chi connectivity index (χ4n) is 1.76. The van der Waals surface area contributed by atoms with Crippen LogP contribution in [0.15, 0.2) is 24.3 Å². The Morgan fingerprint density at radius 2 is 1.56 bits per heavy atom. The quantitative estimate of drug-likeness (QED) is 0.399. The van der Waals surface area contributed by atoms with Gasteiger partial charge in [-0.2, -0.15) is 0 Å². The van der Waals surface area contributed by atoms with Crippen LogP contribution in [0.1, 0.15) is 44.6 Å². The van der Waals surface area contributed by atoms with Gasteiger partial charge in [0.05, 0.1) is 0 Å². The molecule has 0 atom stereocenters. The summed E-state index contributed by atoms with van der Waals surface area (Å²) in [5.74, 6) is 0. The van der Waals surface area contributed by atoms with E-state index in [1.54, 1.807) is 0 Å². The molecule has 0 radical (unpaired) electrons. The van der Waals surface area contributed by atoms with Gasteiger partial charge >= 0.3 is 0 Å². The average Bonchev–Trinajstić information content (AvgIpc) is 2.29. The van der Waals surface area contributed by atoms with E-state index in [1.807, 2.05) is 0 Å². The molecular formula is C13H20Cl2Si. The van der Waals surface area contributed by atoms with Gasteiger partial charge in [0, 0.05) is 0 Å². The van der Waals surface area contributed by atoms with E-state index in [2.05, 4.69) is 31.2 Å². The molecule has 0 aliphatic carbocycles. The predicted molar refractivity (Wildman–Crippen MR) is 77.4 cm³/mol. The zero-order valence-corrected chi connectivity index (χ0v) is 12.6. The molecule has 0 unspecified atom stereocenters. The first-order valence-electron chi connectivity index (χ1n) is 6.11. The molecule has 1 aromatic rings. The van der Waals surface area contributed by atoms with E-state index in [4.69, 9.17) is 22.2 Å². The minimum absolute atomic E-state index is 1.12. The van der Waals surface area contributed by atoms with Gasteiger partial charge in [-0.1, -0.05) is 56.9 Å². The van der Waals surface area contributed by atoms with Gasteiger partial charge in [0.15, 0.2) is 0 Å². The first-order valence-corrected chi connectivity index (χ1v) is 10.2. The van der Waals surface area contributed by atoms with Gasteiger partial charge in [0.25, 0.3) is 7.42 Å². The molecule has 16 heavy (non-hydrogen) atoms. The fraction of sp³-hybridized carbons (Fsp3) is 0.538. The van der Waals surface area contributed by atoms with Crippen LogP contribution in [-0.2, 0) is 6.42 Å². The first kappa shape index (κ1) is 14.1. The highest BCUT2D eigenvalue weighted by atomic mass is 35.7. The van der Waals surface area contributed by atoms with Crippen LogP contribution in [0.3, 0.4) is 0 Å². The molecule has 0 nitrogen and oxygen atoms in total. The molecule has 0 aromatic heterocycles. The summed E-state index contributed by atoms with van der Waals surface area (Å²) in [5, 5.41) is 1.12. The zero-order valence-electron chi connectivity index (χ0n) is 9.89. The summed E-state index contributed by atoms with van der Waals surface area (Å²) >= 11 is 11.8.